The number of ether oxygens (including phenoxy) is 1. The van der Waals surface area contributed by atoms with Crippen LogP contribution in [0.1, 0.15) is 44.1 Å². The zero-order valence-electron chi connectivity index (χ0n) is 12.6. The van der Waals surface area contributed by atoms with Gasteiger partial charge in [0.25, 0.3) is 0 Å². The molecule has 3 nitrogen and oxygen atoms in total. The van der Waals surface area contributed by atoms with Gasteiger partial charge in [-0.3, -0.25) is 4.90 Å². The lowest BCUT2D eigenvalue weighted by molar-refractivity contribution is 0.0546. The molecule has 1 aliphatic carbocycles. The number of fused-ring (bicyclic) bond motifs is 1. The summed E-state index contributed by atoms with van der Waals surface area (Å²) < 4.78 is 5.98. The highest BCUT2D eigenvalue weighted by molar-refractivity contribution is 9.10. The van der Waals surface area contributed by atoms with Crippen molar-refractivity contribution in [2.24, 2.45) is 5.92 Å². The lowest BCUT2D eigenvalue weighted by Gasteiger charge is -2.44. The Bertz CT molecular complexity index is 504. The summed E-state index contributed by atoms with van der Waals surface area (Å²) in [5.41, 5.74) is 1.21. The maximum absolute atomic E-state index is 9.93. The highest BCUT2D eigenvalue weighted by Crippen LogP contribution is 2.38. The number of likely N-dealkylation sites (tertiary alicyclic amines) is 1. The van der Waals surface area contributed by atoms with Gasteiger partial charge in [-0.1, -0.05) is 12.8 Å². The molecule has 2 aliphatic rings. The smallest absolute Gasteiger partial charge is 0.172 e. The van der Waals surface area contributed by atoms with E-state index in [0.29, 0.717) is 10.2 Å². The van der Waals surface area contributed by atoms with Gasteiger partial charge in [0.15, 0.2) is 11.5 Å². The molecule has 1 aromatic carbocycles. The molecular weight excluding hydrogens is 330 g/mol. The number of phenols is 1. The van der Waals surface area contributed by atoms with E-state index >= 15 is 0 Å². The highest BCUT2D eigenvalue weighted by Gasteiger charge is 2.33. The molecule has 1 saturated carbocycles. The summed E-state index contributed by atoms with van der Waals surface area (Å²) in [6, 6.07) is 4.74. The van der Waals surface area contributed by atoms with E-state index in [0.717, 1.165) is 18.5 Å². The zero-order chi connectivity index (χ0) is 14.8. The summed E-state index contributed by atoms with van der Waals surface area (Å²) in [7, 11) is 1.60. The Morgan fingerprint density at radius 1 is 1.24 bits per heavy atom. The van der Waals surface area contributed by atoms with Crippen LogP contribution in [0.15, 0.2) is 16.6 Å². The molecule has 1 heterocycles. The van der Waals surface area contributed by atoms with Gasteiger partial charge in [0.2, 0.25) is 0 Å². The molecular formula is C17H24BrNO2. The van der Waals surface area contributed by atoms with Gasteiger partial charge in [-0.2, -0.15) is 0 Å². The molecule has 1 saturated heterocycles. The van der Waals surface area contributed by atoms with Crippen LogP contribution in [-0.2, 0) is 6.54 Å². The van der Waals surface area contributed by atoms with E-state index in [2.05, 4.69) is 20.8 Å². The predicted molar refractivity (Wildman–Crippen MR) is 87.7 cm³/mol. The Morgan fingerprint density at radius 2 is 2.00 bits per heavy atom. The van der Waals surface area contributed by atoms with Gasteiger partial charge in [0, 0.05) is 12.6 Å². The number of methoxy groups -OCH3 is 1. The maximum Gasteiger partial charge on any atom is 0.172 e. The second-order valence-electron chi connectivity index (χ2n) is 6.35. The monoisotopic (exact) mass is 353 g/mol. The minimum atomic E-state index is 0.190. The first kappa shape index (κ1) is 15.2. The second kappa shape index (κ2) is 6.57. The average molecular weight is 354 g/mol. The van der Waals surface area contributed by atoms with E-state index < -0.39 is 0 Å². The van der Waals surface area contributed by atoms with Crippen LogP contribution in [0.2, 0.25) is 0 Å². The van der Waals surface area contributed by atoms with Gasteiger partial charge >= 0.3 is 0 Å². The standard InChI is InChI=1S/C17H24BrNO2/c1-21-16-10-12(9-14(18)17(16)20)11-19-8-4-6-13-5-2-3-7-15(13)19/h9-10,13,15,20H,2-8,11H2,1H3/t13-,15+/m0/s1. The lowest BCUT2D eigenvalue weighted by Crippen LogP contribution is -2.46. The number of phenolic OH excluding ortho intramolecular Hbond substituents is 1. The van der Waals surface area contributed by atoms with E-state index in [-0.39, 0.29) is 5.75 Å². The number of piperidine rings is 1. The van der Waals surface area contributed by atoms with Crippen molar-refractivity contribution in [1.82, 2.24) is 4.90 Å². The van der Waals surface area contributed by atoms with Gasteiger partial charge in [0.05, 0.1) is 11.6 Å². The zero-order valence-corrected chi connectivity index (χ0v) is 14.2. The molecule has 0 bridgehead atoms. The first-order valence-electron chi connectivity index (χ1n) is 7.98. The van der Waals surface area contributed by atoms with Crippen LogP contribution in [-0.4, -0.2) is 29.7 Å². The molecule has 1 N–H and O–H groups in total. The molecule has 2 atom stereocenters. The fourth-order valence-corrected chi connectivity index (χ4v) is 4.52. The summed E-state index contributed by atoms with van der Waals surface area (Å²) in [4.78, 5) is 2.64. The van der Waals surface area contributed by atoms with Crippen molar-refractivity contribution >= 4 is 15.9 Å². The third-order valence-corrected chi connectivity index (χ3v) is 5.66. The number of aromatic hydroxyl groups is 1. The van der Waals surface area contributed by atoms with E-state index in [1.165, 1.54) is 50.6 Å². The van der Waals surface area contributed by atoms with Gasteiger partial charge < -0.3 is 9.84 Å². The summed E-state index contributed by atoms with van der Waals surface area (Å²) in [6.07, 6.45) is 8.26. The summed E-state index contributed by atoms with van der Waals surface area (Å²) >= 11 is 3.42. The van der Waals surface area contributed by atoms with Crippen LogP contribution in [0.4, 0.5) is 0 Å². The largest absolute Gasteiger partial charge is 0.503 e. The van der Waals surface area contributed by atoms with Crippen LogP contribution < -0.4 is 4.74 Å². The molecule has 4 heteroatoms. The number of hydrogen-bond acceptors (Lipinski definition) is 3. The second-order valence-corrected chi connectivity index (χ2v) is 7.21. The minimum Gasteiger partial charge on any atom is -0.503 e. The summed E-state index contributed by atoms with van der Waals surface area (Å²) in [5, 5.41) is 9.93. The number of hydrogen-bond donors (Lipinski definition) is 1. The van der Waals surface area contributed by atoms with Crippen molar-refractivity contribution in [3.63, 3.8) is 0 Å². The van der Waals surface area contributed by atoms with Gasteiger partial charge in [-0.15, -0.1) is 0 Å². The van der Waals surface area contributed by atoms with Crippen molar-refractivity contribution in [1.29, 1.82) is 0 Å². The molecule has 0 radical (unpaired) electrons. The van der Waals surface area contributed by atoms with E-state index in [1.807, 2.05) is 12.1 Å². The minimum absolute atomic E-state index is 0.190. The average Bonchev–Trinajstić information content (AvgIpc) is 2.51. The molecule has 0 spiro atoms. The molecule has 3 rings (SSSR count). The van der Waals surface area contributed by atoms with Crippen LogP contribution in [0.25, 0.3) is 0 Å². The van der Waals surface area contributed by atoms with Crippen LogP contribution in [0.3, 0.4) is 0 Å². The molecule has 1 aliphatic heterocycles. The summed E-state index contributed by atoms with van der Waals surface area (Å²) in [6.45, 7) is 2.15. The number of nitrogens with zero attached hydrogens (tertiary/aromatic N) is 1. The van der Waals surface area contributed by atoms with Gasteiger partial charge in [-0.25, -0.2) is 0 Å². The molecule has 21 heavy (non-hydrogen) atoms. The first-order chi connectivity index (χ1) is 10.2. The predicted octanol–water partition coefficient (Wildman–Crippen LogP) is 4.32. The maximum atomic E-state index is 9.93. The number of rotatable bonds is 3. The molecule has 116 valence electrons. The van der Waals surface area contributed by atoms with Crippen molar-refractivity contribution in [2.45, 2.75) is 51.1 Å². The van der Waals surface area contributed by atoms with Crippen molar-refractivity contribution in [3.8, 4) is 11.5 Å². The van der Waals surface area contributed by atoms with E-state index in [4.69, 9.17) is 4.74 Å². The third-order valence-electron chi connectivity index (χ3n) is 5.05. The van der Waals surface area contributed by atoms with Gasteiger partial charge in [0.1, 0.15) is 0 Å². The fourth-order valence-electron chi connectivity index (χ4n) is 4.03. The van der Waals surface area contributed by atoms with E-state index in [9.17, 15) is 5.11 Å². The quantitative estimate of drug-likeness (QED) is 0.878. The van der Waals surface area contributed by atoms with E-state index in [1.54, 1.807) is 7.11 Å². The van der Waals surface area contributed by atoms with Crippen LogP contribution in [0.5, 0.6) is 11.5 Å². The molecule has 0 amide bonds. The third kappa shape index (κ3) is 3.21. The van der Waals surface area contributed by atoms with Crippen molar-refractivity contribution in [2.75, 3.05) is 13.7 Å². The molecule has 1 aromatic rings. The molecule has 0 unspecified atom stereocenters. The topological polar surface area (TPSA) is 32.7 Å². The van der Waals surface area contributed by atoms with Crippen LogP contribution >= 0.6 is 15.9 Å². The van der Waals surface area contributed by atoms with Crippen molar-refractivity contribution < 1.29 is 9.84 Å². The Morgan fingerprint density at radius 3 is 2.81 bits per heavy atom. The van der Waals surface area contributed by atoms with Crippen molar-refractivity contribution in [3.05, 3.63) is 22.2 Å². The Hall–Kier alpha value is -0.740. The summed E-state index contributed by atoms with van der Waals surface area (Å²) in [5.74, 6) is 1.64. The number of halogens is 1. The van der Waals surface area contributed by atoms with Gasteiger partial charge in [-0.05, 0) is 71.8 Å². The SMILES string of the molecule is COc1cc(CN2CCC[C@@H]3CCCC[C@H]32)cc(Br)c1O. The highest BCUT2D eigenvalue weighted by atomic mass is 79.9. The Balaban J connectivity index is 1.77. The lowest BCUT2D eigenvalue weighted by atomic mass is 9.78. The first-order valence-corrected chi connectivity index (χ1v) is 8.77. The normalized spacial score (nSPS) is 26.4. The number of benzene rings is 1. The Kier molecular flexibility index (Phi) is 4.75. The Labute approximate surface area is 135 Å². The molecule has 0 aromatic heterocycles. The van der Waals surface area contributed by atoms with Crippen LogP contribution in [0, 0.1) is 5.92 Å². The fraction of sp³-hybridized carbons (Fsp3) is 0.647. The molecule has 2 fully saturated rings.